The fraction of sp³-hybridized carbons (Fsp3) is 0.0526. The molecule has 3 aromatic rings. The molecule has 5 heteroatoms. The Labute approximate surface area is 142 Å². The van der Waals surface area contributed by atoms with Crippen LogP contribution < -0.4 is 10.5 Å². The van der Waals surface area contributed by atoms with Crippen LogP contribution in [0.4, 0.5) is 5.69 Å². The van der Waals surface area contributed by atoms with Crippen LogP contribution >= 0.6 is 11.8 Å². The molecule has 0 aliphatic carbocycles. The van der Waals surface area contributed by atoms with E-state index in [2.05, 4.69) is 0 Å². The lowest BCUT2D eigenvalue weighted by Gasteiger charge is -2.12. The summed E-state index contributed by atoms with van der Waals surface area (Å²) in [6, 6.07) is 16.7. The van der Waals surface area contributed by atoms with Gasteiger partial charge in [-0.3, -0.25) is 4.79 Å². The maximum absolute atomic E-state index is 12.6. The van der Waals surface area contributed by atoms with Gasteiger partial charge in [0.15, 0.2) is 5.78 Å². The van der Waals surface area contributed by atoms with Crippen molar-refractivity contribution in [1.82, 2.24) is 0 Å². The quantitative estimate of drug-likeness (QED) is 0.401. The number of thioether (sulfide) groups is 1. The first-order chi connectivity index (χ1) is 11.6. The van der Waals surface area contributed by atoms with E-state index in [1.807, 2.05) is 48.3 Å². The molecule has 1 aliphatic rings. The molecule has 0 spiro atoms. The van der Waals surface area contributed by atoms with Gasteiger partial charge < -0.3 is 9.32 Å². The second-order valence-corrected chi connectivity index (χ2v) is 6.52. The highest BCUT2D eigenvalue weighted by atomic mass is 32.2. The Morgan fingerprint density at radius 1 is 1.12 bits per heavy atom. The van der Waals surface area contributed by atoms with E-state index in [9.17, 15) is 9.59 Å². The third-order valence-corrected chi connectivity index (χ3v) is 5.10. The maximum atomic E-state index is 12.6. The van der Waals surface area contributed by atoms with Crippen LogP contribution in [0, 0.1) is 0 Å². The smallest absolute Gasteiger partial charge is 0.347 e. The molecule has 0 radical (unpaired) electrons. The molecule has 4 rings (SSSR count). The van der Waals surface area contributed by atoms with E-state index in [1.54, 1.807) is 18.2 Å². The van der Waals surface area contributed by atoms with E-state index in [0.29, 0.717) is 5.58 Å². The minimum Gasteiger partial charge on any atom is -0.422 e. The van der Waals surface area contributed by atoms with Gasteiger partial charge in [-0.2, -0.15) is 0 Å². The number of benzene rings is 2. The Morgan fingerprint density at radius 3 is 2.71 bits per heavy atom. The molecule has 4 nitrogen and oxygen atoms in total. The Hall–Kier alpha value is -2.79. The number of hydrogen-bond donors (Lipinski definition) is 0. The van der Waals surface area contributed by atoms with Crippen LogP contribution in [0.15, 0.2) is 79.8 Å². The summed E-state index contributed by atoms with van der Waals surface area (Å²) in [5, 5.41) is 1.52. The predicted octanol–water partition coefficient (Wildman–Crippen LogP) is 4.06. The molecule has 118 valence electrons. The van der Waals surface area contributed by atoms with Crippen LogP contribution in [0.3, 0.4) is 0 Å². The highest BCUT2D eigenvalue weighted by Crippen LogP contribution is 2.44. The van der Waals surface area contributed by atoms with Crippen LogP contribution in [-0.4, -0.2) is 12.8 Å². The van der Waals surface area contributed by atoms with Crippen molar-refractivity contribution in [2.75, 3.05) is 11.9 Å². The molecular formula is C19H13NO3S. The van der Waals surface area contributed by atoms with E-state index < -0.39 is 5.63 Å². The first-order valence-electron chi connectivity index (χ1n) is 7.43. The molecule has 0 unspecified atom stereocenters. The zero-order valence-corrected chi connectivity index (χ0v) is 13.7. The Balaban J connectivity index is 1.73. The van der Waals surface area contributed by atoms with Crippen molar-refractivity contribution < 1.29 is 9.21 Å². The average Bonchev–Trinajstić information content (AvgIpc) is 2.90. The maximum Gasteiger partial charge on any atom is 0.347 e. The highest BCUT2D eigenvalue weighted by molar-refractivity contribution is 8.03. The predicted molar refractivity (Wildman–Crippen MR) is 95.6 cm³/mol. The van der Waals surface area contributed by atoms with Gasteiger partial charge in [0.25, 0.3) is 0 Å². The van der Waals surface area contributed by atoms with Gasteiger partial charge in [0.1, 0.15) is 11.1 Å². The number of hydrogen-bond acceptors (Lipinski definition) is 5. The summed E-state index contributed by atoms with van der Waals surface area (Å²) in [5.41, 5.74) is 0.962. The normalized spacial score (nSPS) is 15.0. The lowest BCUT2D eigenvalue weighted by atomic mass is 10.1. The van der Waals surface area contributed by atoms with Crippen molar-refractivity contribution >= 4 is 34.2 Å². The fourth-order valence-electron chi connectivity index (χ4n) is 2.67. The van der Waals surface area contributed by atoms with Gasteiger partial charge in [-0.1, -0.05) is 42.1 Å². The third-order valence-electron chi connectivity index (χ3n) is 3.93. The molecule has 0 saturated heterocycles. The van der Waals surface area contributed by atoms with Crippen LogP contribution in [0.1, 0.15) is 10.4 Å². The zero-order valence-electron chi connectivity index (χ0n) is 12.9. The molecule has 0 amide bonds. The van der Waals surface area contributed by atoms with Gasteiger partial charge in [-0.25, -0.2) is 4.79 Å². The molecule has 24 heavy (non-hydrogen) atoms. The number of anilines is 1. The number of allylic oxidation sites excluding steroid dienone is 1. The zero-order chi connectivity index (χ0) is 16.7. The van der Waals surface area contributed by atoms with Crippen LogP contribution in [0.2, 0.25) is 0 Å². The van der Waals surface area contributed by atoms with Gasteiger partial charge >= 0.3 is 5.63 Å². The molecular weight excluding hydrogens is 322 g/mol. The van der Waals surface area contributed by atoms with Gasteiger partial charge in [0.2, 0.25) is 0 Å². The second kappa shape index (κ2) is 5.69. The Morgan fingerprint density at radius 2 is 1.88 bits per heavy atom. The number of rotatable bonds is 2. The SMILES string of the molecule is CN1/C(=C/C(=O)c2cc3ccccc3oc2=O)Sc2ccccc21. The van der Waals surface area contributed by atoms with E-state index in [0.717, 1.165) is 21.0 Å². The number of carbonyl (C=O) groups excluding carboxylic acids is 1. The van der Waals surface area contributed by atoms with Crippen molar-refractivity contribution in [3.63, 3.8) is 0 Å². The summed E-state index contributed by atoms with van der Waals surface area (Å²) in [7, 11) is 1.90. The van der Waals surface area contributed by atoms with Crippen molar-refractivity contribution in [3.05, 3.63) is 81.7 Å². The van der Waals surface area contributed by atoms with Crippen molar-refractivity contribution in [2.24, 2.45) is 0 Å². The number of carbonyl (C=O) groups is 1. The third kappa shape index (κ3) is 2.43. The van der Waals surface area contributed by atoms with Gasteiger partial charge in [-0.15, -0.1) is 0 Å². The molecule has 2 heterocycles. The number of para-hydroxylation sites is 2. The molecule has 1 aromatic heterocycles. The fourth-order valence-corrected chi connectivity index (χ4v) is 3.75. The lowest BCUT2D eigenvalue weighted by Crippen LogP contribution is -2.15. The monoisotopic (exact) mass is 335 g/mol. The number of fused-ring (bicyclic) bond motifs is 2. The summed E-state index contributed by atoms with van der Waals surface area (Å²) in [5.74, 6) is -0.350. The standard InChI is InChI=1S/C19H13NO3S/c1-20-14-7-3-5-9-17(14)24-18(20)11-15(21)13-10-12-6-2-4-8-16(12)23-19(13)22/h2-11H,1H3/b18-11-. The Kier molecular flexibility index (Phi) is 3.50. The van der Waals surface area contributed by atoms with Crippen LogP contribution in [0.25, 0.3) is 11.0 Å². The van der Waals surface area contributed by atoms with Gasteiger partial charge in [0.05, 0.1) is 10.7 Å². The molecule has 0 fully saturated rings. The van der Waals surface area contributed by atoms with Crippen LogP contribution in [0.5, 0.6) is 0 Å². The summed E-state index contributed by atoms with van der Waals surface area (Å²) in [6.07, 6.45) is 1.49. The molecule has 0 saturated carbocycles. The number of nitrogens with zero attached hydrogens (tertiary/aromatic N) is 1. The first kappa shape index (κ1) is 14.8. The second-order valence-electron chi connectivity index (χ2n) is 5.46. The van der Waals surface area contributed by atoms with Gasteiger partial charge in [-0.05, 0) is 24.3 Å². The largest absolute Gasteiger partial charge is 0.422 e. The lowest BCUT2D eigenvalue weighted by molar-refractivity contribution is 0.104. The van der Waals surface area contributed by atoms with E-state index in [1.165, 1.54) is 17.8 Å². The average molecular weight is 335 g/mol. The summed E-state index contributed by atoms with van der Waals surface area (Å²) in [4.78, 5) is 27.7. The van der Waals surface area contributed by atoms with Gasteiger partial charge in [0, 0.05) is 23.4 Å². The van der Waals surface area contributed by atoms with E-state index in [4.69, 9.17) is 4.42 Å². The minimum absolute atomic E-state index is 0.0474. The summed E-state index contributed by atoms with van der Waals surface area (Å²) < 4.78 is 5.24. The molecule has 0 atom stereocenters. The van der Waals surface area contributed by atoms with Crippen molar-refractivity contribution in [1.29, 1.82) is 0 Å². The highest BCUT2D eigenvalue weighted by Gasteiger charge is 2.23. The van der Waals surface area contributed by atoms with E-state index >= 15 is 0 Å². The molecule has 0 bridgehead atoms. The topological polar surface area (TPSA) is 50.5 Å². The van der Waals surface area contributed by atoms with Crippen molar-refractivity contribution in [2.45, 2.75) is 4.90 Å². The summed E-state index contributed by atoms with van der Waals surface area (Å²) >= 11 is 1.51. The minimum atomic E-state index is -0.612. The molecule has 2 aromatic carbocycles. The Bertz CT molecular complexity index is 1050. The van der Waals surface area contributed by atoms with Crippen LogP contribution in [-0.2, 0) is 0 Å². The summed E-state index contributed by atoms with van der Waals surface area (Å²) in [6.45, 7) is 0. The number of ketones is 1. The van der Waals surface area contributed by atoms with Crippen molar-refractivity contribution in [3.8, 4) is 0 Å². The molecule has 0 N–H and O–H groups in total. The first-order valence-corrected chi connectivity index (χ1v) is 8.25. The van der Waals surface area contributed by atoms with E-state index in [-0.39, 0.29) is 11.3 Å². The molecule has 1 aliphatic heterocycles.